The highest BCUT2D eigenvalue weighted by Gasteiger charge is 2.37. The molecule has 1 fully saturated rings. The molecule has 2 aromatic heterocycles. The number of hydrogen-bond acceptors (Lipinski definition) is 8. The molecule has 8 nitrogen and oxygen atoms in total. The minimum Gasteiger partial charge on any atom is -0.386 e. The highest BCUT2D eigenvalue weighted by atomic mass is 32.1. The Labute approximate surface area is 200 Å². The van der Waals surface area contributed by atoms with Gasteiger partial charge in [-0.05, 0) is 38.4 Å². The van der Waals surface area contributed by atoms with E-state index in [2.05, 4.69) is 15.3 Å². The first-order chi connectivity index (χ1) is 16.4. The lowest BCUT2D eigenvalue weighted by molar-refractivity contribution is -0.231. The van der Waals surface area contributed by atoms with Crippen molar-refractivity contribution in [3.05, 3.63) is 53.2 Å². The third-order valence-corrected chi connectivity index (χ3v) is 7.04. The molecule has 2 unspecified atom stereocenters. The Morgan fingerprint density at radius 1 is 1.35 bits per heavy atom. The van der Waals surface area contributed by atoms with Crippen molar-refractivity contribution in [3.8, 4) is 10.4 Å². The first kappa shape index (κ1) is 24.8. The van der Waals surface area contributed by atoms with Gasteiger partial charge in [0.2, 0.25) is 0 Å². The van der Waals surface area contributed by atoms with E-state index >= 15 is 0 Å². The molecule has 0 spiro atoms. The summed E-state index contributed by atoms with van der Waals surface area (Å²) in [6, 6.07) is 4.08. The van der Waals surface area contributed by atoms with Crippen LogP contribution in [0, 0.1) is 5.82 Å². The van der Waals surface area contributed by atoms with Crippen LogP contribution in [-0.4, -0.2) is 79.9 Å². The van der Waals surface area contributed by atoms with Gasteiger partial charge in [0.25, 0.3) is 0 Å². The van der Waals surface area contributed by atoms with Crippen LogP contribution in [0.1, 0.15) is 30.6 Å². The molecular formula is C23H29F2N5O3S. The zero-order chi connectivity index (χ0) is 24.2. The number of aromatic nitrogens is 4. The molecule has 0 saturated carbocycles. The van der Waals surface area contributed by atoms with Crippen molar-refractivity contribution < 1.29 is 23.7 Å². The monoisotopic (exact) mass is 493 g/mol. The van der Waals surface area contributed by atoms with Gasteiger partial charge in [-0.2, -0.15) is 0 Å². The summed E-state index contributed by atoms with van der Waals surface area (Å²) < 4.78 is 35.2. The Bertz CT molecular complexity index is 1070. The summed E-state index contributed by atoms with van der Waals surface area (Å²) in [4.78, 5) is 6.69. The van der Waals surface area contributed by atoms with E-state index in [1.54, 1.807) is 30.0 Å². The number of rotatable bonds is 9. The Kier molecular flexibility index (Phi) is 7.99. The van der Waals surface area contributed by atoms with Crippen molar-refractivity contribution >= 4 is 11.3 Å². The molecule has 34 heavy (non-hydrogen) atoms. The molecule has 1 aromatic carbocycles. The summed E-state index contributed by atoms with van der Waals surface area (Å²) in [6.07, 6.45) is 2.40. The van der Waals surface area contributed by atoms with E-state index in [1.807, 2.05) is 18.9 Å². The number of thiazole rings is 1. The maximum Gasteiger partial charge on any atom is 0.182 e. The average molecular weight is 494 g/mol. The smallest absolute Gasteiger partial charge is 0.182 e. The molecule has 0 amide bonds. The number of aliphatic hydroxyl groups is 2. The standard InChI is InChI=1S/C23H29F2N5O3S/c1-14-7-20(22(31)23(32)33-14)29(2)6-5-16-12-30(28-27-16)17(10-24)8-15-3-4-18(19(25)9-15)21-11-26-13-34-21/h3-4,9,11-14,17,20,22-23,31-32H,5-8,10H2,1-2H3/t14-,17+,20?,22?,23-/m1/s1. The van der Waals surface area contributed by atoms with Crippen molar-refractivity contribution in [1.82, 2.24) is 24.9 Å². The molecule has 184 valence electrons. The van der Waals surface area contributed by atoms with Crippen LogP contribution in [0.2, 0.25) is 0 Å². The van der Waals surface area contributed by atoms with Gasteiger partial charge in [0.05, 0.1) is 28.2 Å². The van der Waals surface area contributed by atoms with Gasteiger partial charge in [0.1, 0.15) is 18.6 Å². The number of halogens is 2. The predicted octanol–water partition coefficient (Wildman–Crippen LogP) is 2.63. The summed E-state index contributed by atoms with van der Waals surface area (Å²) >= 11 is 1.36. The summed E-state index contributed by atoms with van der Waals surface area (Å²) in [5, 5.41) is 28.4. The molecule has 0 bridgehead atoms. The number of benzene rings is 1. The van der Waals surface area contributed by atoms with Crippen molar-refractivity contribution in [2.24, 2.45) is 0 Å². The van der Waals surface area contributed by atoms with Gasteiger partial charge in [-0.1, -0.05) is 17.3 Å². The van der Waals surface area contributed by atoms with Crippen LogP contribution in [-0.2, 0) is 17.6 Å². The Morgan fingerprint density at radius 2 is 2.18 bits per heavy atom. The fraction of sp³-hybridized carbons (Fsp3) is 0.522. The first-order valence-electron chi connectivity index (χ1n) is 11.2. The number of nitrogens with zero attached hydrogens (tertiary/aromatic N) is 5. The fourth-order valence-corrected chi connectivity index (χ4v) is 4.92. The Morgan fingerprint density at radius 3 is 2.88 bits per heavy atom. The topological polar surface area (TPSA) is 96.5 Å². The minimum atomic E-state index is -1.21. The van der Waals surface area contributed by atoms with E-state index in [1.165, 1.54) is 22.1 Å². The quantitative estimate of drug-likeness (QED) is 0.473. The second-order valence-electron chi connectivity index (χ2n) is 8.74. The minimum absolute atomic E-state index is 0.155. The fourth-order valence-electron chi connectivity index (χ4n) is 4.27. The molecule has 3 aromatic rings. The van der Waals surface area contributed by atoms with Crippen LogP contribution in [0.15, 0.2) is 36.1 Å². The summed E-state index contributed by atoms with van der Waals surface area (Å²) in [7, 11) is 1.87. The molecule has 1 aliphatic rings. The van der Waals surface area contributed by atoms with E-state index < -0.39 is 25.1 Å². The predicted molar refractivity (Wildman–Crippen MR) is 124 cm³/mol. The second-order valence-corrected chi connectivity index (χ2v) is 9.63. The van der Waals surface area contributed by atoms with Gasteiger partial charge in [-0.15, -0.1) is 16.4 Å². The molecular weight excluding hydrogens is 464 g/mol. The molecule has 3 heterocycles. The van der Waals surface area contributed by atoms with Crippen LogP contribution in [0.3, 0.4) is 0 Å². The summed E-state index contributed by atoms with van der Waals surface area (Å²) in [6.45, 7) is 1.77. The van der Waals surface area contributed by atoms with Gasteiger partial charge < -0.3 is 19.8 Å². The largest absolute Gasteiger partial charge is 0.386 e. The van der Waals surface area contributed by atoms with E-state index in [9.17, 15) is 19.0 Å². The lowest BCUT2D eigenvalue weighted by Gasteiger charge is -2.40. The molecule has 0 radical (unpaired) electrons. The number of ether oxygens (including phenoxy) is 1. The average Bonchev–Trinajstić information content (AvgIpc) is 3.51. The van der Waals surface area contributed by atoms with Gasteiger partial charge in [0, 0.05) is 37.0 Å². The van der Waals surface area contributed by atoms with Crippen molar-refractivity contribution in [1.29, 1.82) is 0 Å². The lowest BCUT2D eigenvalue weighted by atomic mass is 9.99. The normalized spacial score (nSPS) is 24.0. The molecule has 0 aliphatic carbocycles. The van der Waals surface area contributed by atoms with Crippen molar-refractivity contribution in [2.75, 3.05) is 20.3 Å². The van der Waals surface area contributed by atoms with Gasteiger partial charge in [-0.25, -0.2) is 13.5 Å². The molecule has 1 saturated heterocycles. The van der Waals surface area contributed by atoms with E-state index in [4.69, 9.17) is 4.74 Å². The highest BCUT2D eigenvalue weighted by Crippen LogP contribution is 2.28. The van der Waals surface area contributed by atoms with Crippen molar-refractivity contribution in [3.63, 3.8) is 0 Å². The van der Waals surface area contributed by atoms with Gasteiger partial charge >= 0.3 is 0 Å². The van der Waals surface area contributed by atoms with Crippen LogP contribution < -0.4 is 0 Å². The maximum atomic E-state index is 14.6. The van der Waals surface area contributed by atoms with Crippen molar-refractivity contribution in [2.45, 2.75) is 56.8 Å². The van der Waals surface area contributed by atoms with Crippen LogP contribution in [0.25, 0.3) is 10.4 Å². The zero-order valence-corrected chi connectivity index (χ0v) is 19.9. The third kappa shape index (κ3) is 5.66. The molecule has 5 atom stereocenters. The van der Waals surface area contributed by atoms with Crippen LogP contribution in [0.5, 0.6) is 0 Å². The van der Waals surface area contributed by atoms with Gasteiger partial charge in [0.15, 0.2) is 6.29 Å². The number of likely N-dealkylation sites (N-methyl/N-ethyl adjacent to an activating group) is 1. The number of hydrogen-bond donors (Lipinski definition) is 2. The number of aliphatic hydroxyl groups excluding tert-OH is 2. The summed E-state index contributed by atoms with van der Waals surface area (Å²) in [5.41, 5.74) is 3.49. The third-order valence-electron chi connectivity index (χ3n) is 6.23. The first-order valence-corrected chi connectivity index (χ1v) is 12.1. The SMILES string of the molecule is C[C@@H]1CC(N(C)CCc2cn([C@H](CF)Cc3ccc(-c4cncs4)c(F)c3)nn2)C(O)[C@H](O)O1. The zero-order valence-electron chi connectivity index (χ0n) is 19.1. The molecule has 4 rings (SSSR count). The summed E-state index contributed by atoms with van der Waals surface area (Å²) in [5.74, 6) is -0.364. The van der Waals surface area contributed by atoms with E-state index in [-0.39, 0.29) is 24.4 Å². The highest BCUT2D eigenvalue weighted by molar-refractivity contribution is 7.13. The van der Waals surface area contributed by atoms with Gasteiger partial charge in [-0.3, -0.25) is 4.98 Å². The lowest BCUT2D eigenvalue weighted by Crippen LogP contribution is -2.54. The Balaban J connectivity index is 1.36. The maximum absolute atomic E-state index is 14.6. The molecule has 1 aliphatic heterocycles. The van der Waals surface area contributed by atoms with E-state index in [0.717, 1.165) is 4.88 Å². The number of alkyl halides is 1. The molecule has 11 heteroatoms. The van der Waals surface area contributed by atoms with E-state index in [0.29, 0.717) is 36.2 Å². The Hall–Kier alpha value is -2.31. The van der Waals surface area contributed by atoms with Crippen LogP contribution >= 0.6 is 11.3 Å². The van der Waals surface area contributed by atoms with Crippen LogP contribution in [0.4, 0.5) is 8.78 Å². The second kappa shape index (κ2) is 11.0. The molecule has 2 N–H and O–H groups in total.